The van der Waals surface area contributed by atoms with E-state index in [9.17, 15) is 14.4 Å². The molecular weight excluding hydrogens is 410 g/mol. The molecule has 1 aliphatic heterocycles. The number of carbonyl (C=O) groups is 3. The van der Waals surface area contributed by atoms with Gasteiger partial charge in [0.1, 0.15) is 11.6 Å². The topological polar surface area (TPSA) is 103 Å². The van der Waals surface area contributed by atoms with Crippen molar-refractivity contribution in [3.8, 4) is 17.3 Å². The first-order chi connectivity index (χ1) is 15.2. The minimum atomic E-state index is -1.19. The van der Waals surface area contributed by atoms with Gasteiger partial charge in [0.25, 0.3) is 5.91 Å². The van der Waals surface area contributed by atoms with E-state index in [4.69, 9.17) is 9.15 Å². The zero-order valence-corrected chi connectivity index (χ0v) is 18.2. The Morgan fingerprint density at radius 3 is 2.47 bits per heavy atom. The summed E-state index contributed by atoms with van der Waals surface area (Å²) in [6.45, 7) is 5.19. The molecule has 8 nitrogen and oxygen atoms in total. The molecule has 4 rings (SSSR count). The Morgan fingerprint density at radius 2 is 1.88 bits per heavy atom. The molecule has 0 aromatic carbocycles. The molecule has 3 aromatic heterocycles. The highest BCUT2D eigenvalue weighted by Crippen LogP contribution is 2.44. The van der Waals surface area contributed by atoms with Gasteiger partial charge in [-0.05, 0) is 36.4 Å². The Kier molecular flexibility index (Phi) is 5.38. The van der Waals surface area contributed by atoms with Crippen LogP contribution in [0.3, 0.4) is 0 Å². The van der Waals surface area contributed by atoms with Gasteiger partial charge in [0.05, 0.1) is 31.3 Å². The maximum Gasteiger partial charge on any atom is 0.295 e. The van der Waals surface area contributed by atoms with Crippen molar-refractivity contribution < 1.29 is 23.5 Å². The van der Waals surface area contributed by atoms with Gasteiger partial charge in [-0.15, -0.1) is 0 Å². The first kappa shape index (κ1) is 21.4. The molecule has 0 N–H and O–H groups in total. The van der Waals surface area contributed by atoms with Crippen LogP contribution in [0.4, 0.5) is 5.69 Å². The summed E-state index contributed by atoms with van der Waals surface area (Å²) in [5, 5.41) is 0. The zero-order valence-electron chi connectivity index (χ0n) is 18.2. The van der Waals surface area contributed by atoms with Gasteiger partial charge in [-0.25, -0.2) is 4.98 Å². The lowest BCUT2D eigenvalue weighted by Crippen LogP contribution is -2.36. The molecule has 0 bridgehead atoms. The fraction of sp³-hybridized carbons (Fsp3) is 0.292. The molecule has 8 heteroatoms. The number of amides is 1. The Labute approximate surface area is 185 Å². The van der Waals surface area contributed by atoms with E-state index in [1.807, 2.05) is 0 Å². The second kappa shape index (κ2) is 8.03. The summed E-state index contributed by atoms with van der Waals surface area (Å²) < 4.78 is 10.8. The second-order valence-electron chi connectivity index (χ2n) is 8.56. The number of furan rings is 1. The number of hydrogen-bond acceptors (Lipinski definition) is 7. The lowest BCUT2D eigenvalue weighted by Gasteiger charge is -2.30. The molecule has 1 amide bonds. The number of ketones is 2. The first-order valence-electron chi connectivity index (χ1n) is 10.1. The number of nitrogens with zero attached hydrogens (tertiary/aromatic N) is 3. The number of pyridine rings is 2. The highest BCUT2D eigenvalue weighted by Gasteiger charge is 2.55. The van der Waals surface area contributed by atoms with Crippen LogP contribution in [0.25, 0.3) is 11.5 Å². The van der Waals surface area contributed by atoms with Gasteiger partial charge >= 0.3 is 0 Å². The van der Waals surface area contributed by atoms with E-state index in [2.05, 4.69) is 9.97 Å². The van der Waals surface area contributed by atoms with E-state index in [0.29, 0.717) is 22.7 Å². The largest absolute Gasteiger partial charge is 0.481 e. The molecule has 1 fully saturated rings. The number of rotatable bonds is 5. The van der Waals surface area contributed by atoms with Gasteiger partial charge < -0.3 is 9.15 Å². The van der Waals surface area contributed by atoms with Crippen LogP contribution in [0.15, 0.2) is 59.5 Å². The van der Waals surface area contributed by atoms with Crippen molar-refractivity contribution in [1.82, 2.24) is 9.97 Å². The number of hydrogen-bond donors (Lipinski definition) is 0. The number of aromatic nitrogens is 2. The summed E-state index contributed by atoms with van der Waals surface area (Å²) in [5.41, 5.74) is 0.617. The summed E-state index contributed by atoms with van der Waals surface area (Å²) in [4.78, 5) is 49.5. The van der Waals surface area contributed by atoms with Crippen LogP contribution in [-0.2, 0) is 14.4 Å². The molecule has 1 aliphatic rings. The van der Waals surface area contributed by atoms with Gasteiger partial charge in [0.15, 0.2) is 11.5 Å². The number of methoxy groups -OCH3 is 1. The lowest BCUT2D eigenvalue weighted by atomic mass is 9.78. The Morgan fingerprint density at radius 1 is 1.09 bits per heavy atom. The maximum absolute atomic E-state index is 13.3. The van der Waals surface area contributed by atoms with E-state index in [0.717, 1.165) is 0 Å². The predicted molar refractivity (Wildman–Crippen MR) is 116 cm³/mol. The normalized spacial score (nSPS) is 18.8. The lowest BCUT2D eigenvalue weighted by molar-refractivity contribution is -0.141. The van der Waals surface area contributed by atoms with Crippen LogP contribution in [-0.4, -0.2) is 34.6 Å². The minimum absolute atomic E-state index is 0.247. The quantitative estimate of drug-likeness (QED) is 0.447. The Hall–Kier alpha value is -3.81. The van der Waals surface area contributed by atoms with Crippen LogP contribution in [0, 0.1) is 11.3 Å². The van der Waals surface area contributed by atoms with E-state index in [1.165, 1.54) is 18.2 Å². The summed E-state index contributed by atoms with van der Waals surface area (Å²) in [6, 6.07) is 9.39. The average Bonchev–Trinajstić information content (AvgIpc) is 3.40. The number of Topliss-reactive ketones (excluding diaryl/α,β-unsaturated/α-hetero) is 2. The minimum Gasteiger partial charge on any atom is -0.481 e. The maximum atomic E-state index is 13.3. The molecule has 2 atom stereocenters. The van der Waals surface area contributed by atoms with Crippen molar-refractivity contribution in [1.29, 1.82) is 0 Å². The standard InChI is InChI=1S/C24H23N3O5/c1-24(2,3)21(29)18-19(15-7-5-11-25-22(15)31-4)27(23(30)20(18)28)14-9-10-16(26-13-14)17-8-6-12-32-17/h5-13,18-19H,1-4H3. The average molecular weight is 433 g/mol. The van der Waals surface area contributed by atoms with Gasteiger partial charge in [0.2, 0.25) is 11.7 Å². The second-order valence-corrected chi connectivity index (χ2v) is 8.56. The number of carbonyl (C=O) groups excluding carboxylic acids is 3. The van der Waals surface area contributed by atoms with Crippen molar-refractivity contribution >= 4 is 23.2 Å². The third-order valence-electron chi connectivity index (χ3n) is 5.44. The molecule has 3 aromatic rings. The van der Waals surface area contributed by atoms with Crippen molar-refractivity contribution in [2.24, 2.45) is 11.3 Å². The van der Waals surface area contributed by atoms with Crippen LogP contribution in [0.5, 0.6) is 5.88 Å². The van der Waals surface area contributed by atoms with Gasteiger partial charge in [-0.3, -0.25) is 24.3 Å². The van der Waals surface area contributed by atoms with Gasteiger partial charge in [0, 0.05) is 17.2 Å². The summed E-state index contributed by atoms with van der Waals surface area (Å²) >= 11 is 0. The van der Waals surface area contributed by atoms with Crippen LogP contribution >= 0.6 is 0 Å². The molecule has 4 heterocycles. The molecule has 0 aliphatic carbocycles. The molecule has 0 spiro atoms. The monoisotopic (exact) mass is 433 g/mol. The van der Waals surface area contributed by atoms with Crippen molar-refractivity contribution in [2.75, 3.05) is 12.0 Å². The molecule has 32 heavy (non-hydrogen) atoms. The number of anilines is 1. The molecule has 0 radical (unpaired) electrons. The van der Waals surface area contributed by atoms with Gasteiger partial charge in [-0.1, -0.05) is 20.8 Å². The molecular formula is C24H23N3O5. The van der Waals surface area contributed by atoms with E-state index >= 15 is 0 Å². The molecule has 2 unspecified atom stereocenters. The van der Waals surface area contributed by atoms with Crippen LogP contribution < -0.4 is 9.64 Å². The highest BCUT2D eigenvalue weighted by molar-refractivity contribution is 6.48. The van der Waals surface area contributed by atoms with E-state index in [1.54, 1.807) is 69.6 Å². The summed E-state index contributed by atoms with van der Waals surface area (Å²) in [6.07, 6.45) is 4.58. The molecule has 0 saturated carbocycles. The third kappa shape index (κ3) is 3.57. The predicted octanol–water partition coefficient (Wildman–Crippen LogP) is 3.63. The van der Waals surface area contributed by atoms with E-state index in [-0.39, 0.29) is 11.7 Å². The summed E-state index contributed by atoms with van der Waals surface area (Å²) in [7, 11) is 1.45. The Bertz CT molecular complexity index is 1160. The van der Waals surface area contributed by atoms with Crippen LogP contribution in [0.1, 0.15) is 32.4 Å². The van der Waals surface area contributed by atoms with Crippen molar-refractivity contribution in [3.05, 3.63) is 60.6 Å². The van der Waals surface area contributed by atoms with Crippen molar-refractivity contribution in [3.63, 3.8) is 0 Å². The fourth-order valence-electron chi connectivity index (χ4n) is 3.89. The fourth-order valence-corrected chi connectivity index (χ4v) is 3.89. The zero-order chi connectivity index (χ0) is 23.0. The van der Waals surface area contributed by atoms with E-state index < -0.39 is 29.1 Å². The smallest absolute Gasteiger partial charge is 0.295 e. The molecule has 164 valence electrons. The highest BCUT2D eigenvalue weighted by atomic mass is 16.5. The third-order valence-corrected chi connectivity index (χ3v) is 5.44. The molecule has 1 saturated heterocycles. The summed E-state index contributed by atoms with van der Waals surface area (Å²) in [5.74, 6) is -2.21. The number of ether oxygens (including phenoxy) is 1. The first-order valence-corrected chi connectivity index (χ1v) is 10.1. The van der Waals surface area contributed by atoms with Gasteiger partial charge in [-0.2, -0.15) is 0 Å². The van der Waals surface area contributed by atoms with Crippen molar-refractivity contribution in [2.45, 2.75) is 26.8 Å². The SMILES string of the molecule is COc1ncccc1C1C(C(=O)C(C)(C)C)C(=O)C(=O)N1c1ccc(-c2ccco2)nc1. The van der Waals surface area contributed by atoms with Crippen LogP contribution in [0.2, 0.25) is 0 Å². The Balaban J connectivity index is 1.85.